The minimum absolute atomic E-state index is 0.162. The van der Waals surface area contributed by atoms with Gasteiger partial charge in [-0.3, -0.25) is 0 Å². The monoisotopic (exact) mass is 250 g/mol. The Kier molecular flexibility index (Phi) is 4.38. The summed E-state index contributed by atoms with van der Waals surface area (Å²) in [5.41, 5.74) is 0.207. The normalized spacial score (nSPS) is 13.3. The van der Waals surface area contributed by atoms with Crippen molar-refractivity contribution in [1.29, 1.82) is 0 Å². The topological polar surface area (TPSA) is 20.2 Å². The van der Waals surface area contributed by atoms with E-state index in [4.69, 9.17) is 23.2 Å². The standard InChI is InChI=1S/C11H13Cl2FO/c1-6(2)3-11(15)7-4-8(12)9(13)5-10(7)14/h4-6,11,15H,3H2,1-2H3. The van der Waals surface area contributed by atoms with E-state index in [1.807, 2.05) is 13.8 Å². The zero-order valence-electron chi connectivity index (χ0n) is 8.60. The van der Waals surface area contributed by atoms with Crippen LogP contribution in [-0.2, 0) is 0 Å². The Morgan fingerprint density at radius 2 is 1.80 bits per heavy atom. The van der Waals surface area contributed by atoms with Gasteiger partial charge in [0.25, 0.3) is 0 Å². The molecule has 1 rings (SSSR count). The third-order valence-corrected chi connectivity index (χ3v) is 2.82. The van der Waals surface area contributed by atoms with Crippen LogP contribution in [0, 0.1) is 11.7 Å². The van der Waals surface area contributed by atoms with Gasteiger partial charge in [0, 0.05) is 5.56 Å². The van der Waals surface area contributed by atoms with Crippen LogP contribution in [0.2, 0.25) is 10.0 Å². The number of benzene rings is 1. The summed E-state index contributed by atoms with van der Waals surface area (Å²) < 4.78 is 13.4. The van der Waals surface area contributed by atoms with Crippen LogP contribution in [0.5, 0.6) is 0 Å². The van der Waals surface area contributed by atoms with Gasteiger partial charge >= 0.3 is 0 Å². The minimum Gasteiger partial charge on any atom is -0.388 e. The maximum atomic E-state index is 13.4. The molecule has 1 nitrogen and oxygen atoms in total. The predicted octanol–water partition coefficient (Wildman–Crippen LogP) is 4.21. The van der Waals surface area contributed by atoms with Crippen molar-refractivity contribution in [3.05, 3.63) is 33.6 Å². The molecule has 0 heterocycles. The molecule has 0 spiro atoms. The number of hydrogen-bond donors (Lipinski definition) is 1. The molecule has 0 radical (unpaired) electrons. The summed E-state index contributed by atoms with van der Waals surface area (Å²) in [6.45, 7) is 3.91. The first kappa shape index (κ1) is 12.8. The first-order valence-electron chi connectivity index (χ1n) is 4.74. The molecule has 0 saturated heterocycles. The van der Waals surface area contributed by atoms with Crippen LogP contribution in [-0.4, -0.2) is 5.11 Å². The molecule has 1 N–H and O–H groups in total. The summed E-state index contributed by atoms with van der Waals surface area (Å²) in [5, 5.41) is 10.2. The van der Waals surface area contributed by atoms with Crippen molar-refractivity contribution in [2.24, 2.45) is 5.92 Å². The van der Waals surface area contributed by atoms with Gasteiger partial charge in [-0.1, -0.05) is 37.0 Å². The van der Waals surface area contributed by atoms with Crippen molar-refractivity contribution in [3.8, 4) is 0 Å². The van der Waals surface area contributed by atoms with Gasteiger partial charge in [0.2, 0.25) is 0 Å². The van der Waals surface area contributed by atoms with Crippen molar-refractivity contribution >= 4 is 23.2 Å². The third kappa shape index (κ3) is 3.33. The highest BCUT2D eigenvalue weighted by Crippen LogP contribution is 2.30. The summed E-state index contributed by atoms with van der Waals surface area (Å²) in [4.78, 5) is 0. The second-order valence-electron chi connectivity index (χ2n) is 3.93. The minimum atomic E-state index is -0.834. The molecule has 0 saturated carbocycles. The quantitative estimate of drug-likeness (QED) is 0.797. The van der Waals surface area contributed by atoms with Crippen LogP contribution < -0.4 is 0 Å². The molecular formula is C11H13Cl2FO. The number of aliphatic hydroxyl groups excluding tert-OH is 1. The zero-order valence-corrected chi connectivity index (χ0v) is 10.1. The van der Waals surface area contributed by atoms with E-state index in [0.29, 0.717) is 6.42 Å². The van der Waals surface area contributed by atoms with Crippen LogP contribution in [0.4, 0.5) is 4.39 Å². The SMILES string of the molecule is CC(C)CC(O)c1cc(Cl)c(Cl)cc1F. The van der Waals surface area contributed by atoms with Gasteiger partial charge in [-0.15, -0.1) is 0 Å². The molecule has 0 aliphatic heterocycles. The molecule has 1 atom stereocenters. The molecule has 0 amide bonds. The lowest BCUT2D eigenvalue weighted by molar-refractivity contribution is 0.147. The van der Waals surface area contributed by atoms with E-state index in [1.165, 1.54) is 6.07 Å². The van der Waals surface area contributed by atoms with Gasteiger partial charge in [0.05, 0.1) is 16.1 Å². The van der Waals surface area contributed by atoms with Crippen LogP contribution in [0.1, 0.15) is 31.9 Å². The van der Waals surface area contributed by atoms with Gasteiger partial charge < -0.3 is 5.11 Å². The van der Waals surface area contributed by atoms with Gasteiger partial charge in [-0.25, -0.2) is 4.39 Å². The fraction of sp³-hybridized carbons (Fsp3) is 0.455. The third-order valence-electron chi connectivity index (χ3n) is 2.09. The molecule has 0 aliphatic carbocycles. The van der Waals surface area contributed by atoms with Crippen molar-refractivity contribution in [3.63, 3.8) is 0 Å². The van der Waals surface area contributed by atoms with E-state index < -0.39 is 11.9 Å². The van der Waals surface area contributed by atoms with E-state index in [0.717, 1.165) is 6.07 Å². The zero-order chi connectivity index (χ0) is 11.6. The van der Waals surface area contributed by atoms with Gasteiger partial charge in [-0.2, -0.15) is 0 Å². The average Bonchev–Trinajstić information content (AvgIpc) is 2.09. The number of hydrogen-bond acceptors (Lipinski definition) is 1. The van der Waals surface area contributed by atoms with Crippen molar-refractivity contribution in [1.82, 2.24) is 0 Å². The van der Waals surface area contributed by atoms with E-state index in [1.54, 1.807) is 0 Å². The molecule has 0 fully saturated rings. The van der Waals surface area contributed by atoms with Crippen molar-refractivity contribution in [2.45, 2.75) is 26.4 Å². The fourth-order valence-corrected chi connectivity index (χ4v) is 1.69. The molecule has 4 heteroatoms. The molecule has 0 bridgehead atoms. The van der Waals surface area contributed by atoms with Crippen molar-refractivity contribution in [2.75, 3.05) is 0 Å². The molecule has 0 aromatic heterocycles. The average molecular weight is 251 g/mol. The first-order valence-corrected chi connectivity index (χ1v) is 5.50. The first-order chi connectivity index (χ1) is 6.91. The highest BCUT2D eigenvalue weighted by atomic mass is 35.5. The molecule has 1 aromatic rings. The molecule has 1 aromatic carbocycles. The van der Waals surface area contributed by atoms with Crippen LogP contribution in [0.3, 0.4) is 0 Å². The summed E-state index contributed by atoms with van der Waals surface area (Å²) in [6.07, 6.45) is -0.339. The molecule has 15 heavy (non-hydrogen) atoms. The summed E-state index contributed by atoms with van der Waals surface area (Å²) in [6, 6.07) is 2.51. The van der Waals surface area contributed by atoms with Crippen LogP contribution >= 0.6 is 23.2 Å². The second kappa shape index (κ2) is 5.15. The lowest BCUT2D eigenvalue weighted by atomic mass is 9.99. The fourth-order valence-electron chi connectivity index (χ4n) is 1.37. The second-order valence-corrected chi connectivity index (χ2v) is 4.75. The summed E-state index contributed by atoms with van der Waals surface area (Å²) in [7, 11) is 0. The Hall–Kier alpha value is -0.310. The highest BCUT2D eigenvalue weighted by molar-refractivity contribution is 6.42. The van der Waals surface area contributed by atoms with Gasteiger partial charge in [-0.05, 0) is 24.5 Å². The maximum Gasteiger partial charge on any atom is 0.130 e. The Balaban J connectivity index is 2.98. The summed E-state index contributed by atoms with van der Waals surface area (Å²) in [5.74, 6) is -0.230. The van der Waals surface area contributed by atoms with Gasteiger partial charge in [0.15, 0.2) is 0 Å². The summed E-state index contributed by atoms with van der Waals surface area (Å²) >= 11 is 11.4. The van der Waals surface area contributed by atoms with Crippen LogP contribution in [0.15, 0.2) is 12.1 Å². The van der Waals surface area contributed by atoms with E-state index in [9.17, 15) is 9.50 Å². The Labute approximate surface area is 98.8 Å². The maximum absolute atomic E-state index is 13.4. The van der Waals surface area contributed by atoms with Crippen LogP contribution in [0.25, 0.3) is 0 Å². The van der Waals surface area contributed by atoms with E-state index in [-0.39, 0.29) is 21.5 Å². The van der Waals surface area contributed by atoms with E-state index >= 15 is 0 Å². The largest absolute Gasteiger partial charge is 0.388 e. The van der Waals surface area contributed by atoms with E-state index in [2.05, 4.69) is 0 Å². The Bertz CT molecular complexity index is 353. The molecule has 84 valence electrons. The molecular weight excluding hydrogens is 238 g/mol. The smallest absolute Gasteiger partial charge is 0.130 e. The number of halogens is 3. The Morgan fingerprint density at radius 1 is 1.27 bits per heavy atom. The predicted molar refractivity (Wildman–Crippen MR) is 60.8 cm³/mol. The van der Waals surface area contributed by atoms with Gasteiger partial charge in [0.1, 0.15) is 5.82 Å². The Morgan fingerprint density at radius 3 is 2.33 bits per heavy atom. The highest BCUT2D eigenvalue weighted by Gasteiger charge is 2.16. The number of aliphatic hydroxyl groups is 1. The lowest BCUT2D eigenvalue weighted by Crippen LogP contribution is -2.04. The molecule has 1 unspecified atom stereocenters. The molecule has 0 aliphatic rings. The lowest BCUT2D eigenvalue weighted by Gasteiger charge is -2.14. The number of rotatable bonds is 3. The van der Waals surface area contributed by atoms with Crippen molar-refractivity contribution < 1.29 is 9.50 Å².